The fourth-order valence-electron chi connectivity index (χ4n) is 4.09. The summed E-state index contributed by atoms with van der Waals surface area (Å²) in [6, 6.07) is 20.1. The number of hydrogen-bond acceptors (Lipinski definition) is 4. The number of benzene rings is 3. The largest absolute Gasteiger partial charge is 0.507 e. The first-order valence-corrected chi connectivity index (χ1v) is 11.6. The second-order valence-corrected chi connectivity index (χ2v) is 9.45. The maximum absolute atomic E-state index is 13.6. The summed E-state index contributed by atoms with van der Waals surface area (Å²) in [5, 5.41) is 19.3. The molecule has 7 heteroatoms. The summed E-state index contributed by atoms with van der Waals surface area (Å²) in [5.74, 6) is -1.72. The summed E-state index contributed by atoms with van der Waals surface area (Å²) in [4.78, 5) is 11.4. The van der Waals surface area contributed by atoms with E-state index in [1.165, 1.54) is 22.5 Å². The van der Waals surface area contributed by atoms with Gasteiger partial charge in [0.05, 0.1) is 10.6 Å². The fourth-order valence-corrected chi connectivity index (χ4v) is 5.79. The highest BCUT2D eigenvalue weighted by molar-refractivity contribution is 7.92. The minimum Gasteiger partial charge on any atom is -0.507 e. The summed E-state index contributed by atoms with van der Waals surface area (Å²) in [6.07, 6.45) is 3.26. The number of sulfonamides is 1. The Balaban J connectivity index is 1.74. The zero-order valence-corrected chi connectivity index (χ0v) is 17.6. The molecular weight excluding hydrogens is 414 g/mol. The molecule has 0 aromatic heterocycles. The topological polar surface area (TPSA) is 94.9 Å². The van der Waals surface area contributed by atoms with E-state index in [9.17, 15) is 23.4 Å². The van der Waals surface area contributed by atoms with Crippen LogP contribution in [0.3, 0.4) is 0 Å². The van der Waals surface area contributed by atoms with Crippen LogP contribution < -0.4 is 4.31 Å². The lowest BCUT2D eigenvalue weighted by atomic mass is 10.1. The number of carbonyl (C=O) groups is 1. The number of carboxylic acid groups (broad SMARTS) is 1. The summed E-state index contributed by atoms with van der Waals surface area (Å²) in [6.45, 7) is 0. The van der Waals surface area contributed by atoms with Crippen LogP contribution in [0.15, 0.2) is 77.7 Å². The third-order valence-electron chi connectivity index (χ3n) is 5.64. The Bertz CT molecular complexity index is 1180. The van der Waals surface area contributed by atoms with E-state index in [4.69, 9.17) is 0 Å². The molecule has 3 aromatic carbocycles. The molecule has 0 aliphatic heterocycles. The molecule has 160 valence electrons. The zero-order valence-electron chi connectivity index (χ0n) is 16.8. The third-order valence-corrected chi connectivity index (χ3v) is 7.54. The van der Waals surface area contributed by atoms with Crippen molar-refractivity contribution in [1.82, 2.24) is 0 Å². The van der Waals surface area contributed by atoms with Gasteiger partial charge in [-0.1, -0.05) is 55.3 Å². The van der Waals surface area contributed by atoms with Crippen LogP contribution in [0.5, 0.6) is 5.75 Å². The minimum absolute atomic E-state index is 0.154. The van der Waals surface area contributed by atoms with Gasteiger partial charge in [0.15, 0.2) is 0 Å². The predicted octanol–water partition coefficient (Wildman–Crippen LogP) is 4.90. The van der Waals surface area contributed by atoms with Crippen molar-refractivity contribution in [2.24, 2.45) is 0 Å². The van der Waals surface area contributed by atoms with Gasteiger partial charge in [0.2, 0.25) is 0 Å². The first kappa shape index (κ1) is 20.9. The van der Waals surface area contributed by atoms with Crippen molar-refractivity contribution in [1.29, 1.82) is 0 Å². The van der Waals surface area contributed by atoms with E-state index in [0.717, 1.165) is 24.0 Å². The molecule has 31 heavy (non-hydrogen) atoms. The predicted molar refractivity (Wildman–Crippen MR) is 119 cm³/mol. The molecule has 0 heterocycles. The molecule has 3 aromatic rings. The molecule has 0 unspecified atom stereocenters. The van der Waals surface area contributed by atoms with Gasteiger partial charge in [-0.3, -0.25) is 4.31 Å². The van der Waals surface area contributed by atoms with Gasteiger partial charge in [0, 0.05) is 12.1 Å². The molecule has 0 spiro atoms. The van der Waals surface area contributed by atoms with Crippen LogP contribution in [0, 0.1) is 0 Å². The van der Waals surface area contributed by atoms with Crippen molar-refractivity contribution in [3.05, 3.63) is 78.4 Å². The van der Waals surface area contributed by atoms with E-state index in [-0.39, 0.29) is 22.2 Å². The summed E-state index contributed by atoms with van der Waals surface area (Å²) in [7, 11) is -3.91. The fraction of sp³-hybridized carbons (Fsp3) is 0.208. The summed E-state index contributed by atoms with van der Waals surface area (Å²) < 4.78 is 28.6. The molecule has 0 saturated heterocycles. The Kier molecular flexibility index (Phi) is 5.69. The number of carboxylic acids is 1. The molecule has 1 aliphatic rings. The minimum atomic E-state index is -3.91. The van der Waals surface area contributed by atoms with Crippen LogP contribution >= 0.6 is 0 Å². The monoisotopic (exact) mass is 437 g/mol. The molecule has 6 nitrogen and oxygen atoms in total. The second-order valence-electron chi connectivity index (χ2n) is 7.64. The number of aromatic hydroxyl groups is 1. The Morgan fingerprint density at radius 2 is 1.48 bits per heavy atom. The van der Waals surface area contributed by atoms with E-state index in [0.29, 0.717) is 12.8 Å². The highest BCUT2D eigenvalue weighted by Gasteiger charge is 2.34. The Morgan fingerprint density at radius 3 is 2.06 bits per heavy atom. The highest BCUT2D eigenvalue weighted by Crippen LogP contribution is 2.36. The lowest BCUT2D eigenvalue weighted by molar-refractivity contribution is 0.0693. The van der Waals surface area contributed by atoms with Crippen molar-refractivity contribution in [3.8, 4) is 16.9 Å². The maximum Gasteiger partial charge on any atom is 0.339 e. The van der Waals surface area contributed by atoms with E-state index in [1.54, 1.807) is 24.3 Å². The average molecular weight is 438 g/mol. The Hall–Kier alpha value is -3.32. The zero-order chi connectivity index (χ0) is 22.0. The van der Waals surface area contributed by atoms with Gasteiger partial charge < -0.3 is 10.2 Å². The van der Waals surface area contributed by atoms with Crippen LogP contribution in [0.2, 0.25) is 0 Å². The number of hydrogen-bond donors (Lipinski definition) is 2. The van der Waals surface area contributed by atoms with E-state index in [1.807, 2.05) is 30.3 Å². The first-order valence-electron chi connectivity index (χ1n) is 10.1. The van der Waals surface area contributed by atoms with Crippen LogP contribution in [0.1, 0.15) is 36.0 Å². The number of nitrogens with zero attached hydrogens (tertiary/aromatic N) is 1. The highest BCUT2D eigenvalue weighted by atomic mass is 32.2. The van der Waals surface area contributed by atoms with Crippen molar-refractivity contribution < 1.29 is 23.4 Å². The van der Waals surface area contributed by atoms with Crippen molar-refractivity contribution in [2.75, 3.05) is 4.31 Å². The lowest BCUT2D eigenvalue weighted by Gasteiger charge is -2.30. The third kappa shape index (κ3) is 4.14. The van der Waals surface area contributed by atoms with Crippen LogP contribution in [-0.2, 0) is 10.0 Å². The molecule has 4 rings (SSSR count). The van der Waals surface area contributed by atoms with Crippen molar-refractivity contribution in [2.45, 2.75) is 36.6 Å². The number of anilines is 1. The molecule has 2 N–H and O–H groups in total. The maximum atomic E-state index is 13.6. The van der Waals surface area contributed by atoms with Gasteiger partial charge in [-0.2, -0.15) is 0 Å². The molecule has 1 saturated carbocycles. The number of phenols is 1. The van der Waals surface area contributed by atoms with Crippen LogP contribution in [0.25, 0.3) is 11.1 Å². The first-order chi connectivity index (χ1) is 14.9. The molecule has 1 aliphatic carbocycles. The van der Waals surface area contributed by atoms with Gasteiger partial charge >= 0.3 is 5.97 Å². The summed E-state index contributed by atoms with van der Waals surface area (Å²) >= 11 is 0. The average Bonchev–Trinajstić information content (AvgIpc) is 3.28. The van der Waals surface area contributed by atoms with E-state index < -0.39 is 21.7 Å². The van der Waals surface area contributed by atoms with Crippen molar-refractivity contribution in [3.63, 3.8) is 0 Å². The van der Waals surface area contributed by atoms with Gasteiger partial charge in [-0.25, -0.2) is 13.2 Å². The smallest absolute Gasteiger partial charge is 0.339 e. The van der Waals surface area contributed by atoms with Crippen LogP contribution in [0.4, 0.5) is 5.69 Å². The van der Waals surface area contributed by atoms with Crippen molar-refractivity contribution >= 4 is 21.7 Å². The van der Waals surface area contributed by atoms with E-state index in [2.05, 4.69) is 0 Å². The Labute approximate surface area is 181 Å². The lowest BCUT2D eigenvalue weighted by Crippen LogP contribution is -2.39. The summed E-state index contributed by atoms with van der Waals surface area (Å²) in [5.41, 5.74) is 1.91. The molecule has 0 radical (unpaired) electrons. The quantitative estimate of drug-likeness (QED) is 0.572. The SMILES string of the molecule is O=C(O)c1ccc(N(C2CCCC2)S(=O)(=O)c2ccc(-c3ccccc3)cc2)cc1O. The Morgan fingerprint density at radius 1 is 0.871 bits per heavy atom. The second kappa shape index (κ2) is 8.43. The molecule has 0 atom stereocenters. The number of rotatable bonds is 6. The molecule has 0 bridgehead atoms. The molecule has 1 fully saturated rings. The van der Waals surface area contributed by atoms with E-state index >= 15 is 0 Å². The molecular formula is C24H23NO5S. The van der Waals surface area contributed by atoms with Gasteiger partial charge in [0.25, 0.3) is 10.0 Å². The normalized spacial score (nSPS) is 14.5. The molecule has 0 amide bonds. The van der Waals surface area contributed by atoms with Gasteiger partial charge in [-0.15, -0.1) is 0 Å². The van der Waals surface area contributed by atoms with Gasteiger partial charge in [-0.05, 0) is 48.2 Å². The van der Waals surface area contributed by atoms with Gasteiger partial charge in [0.1, 0.15) is 11.3 Å². The standard InChI is InChI=1S/C24H23NO5S/c26-23-16-20(12-15-22(23)24(27)28)25(19-8-4-5-9-19)31(29,30)21-13-10-18(11-14-21)17-6-2-1-3-7-17/h1-3,6-7,10-16,19,26H,4-5,8-9H2,(H,27,28). The number of aromatic carboxylic acids is 1. The van der Waals surface area contributed by atoms with Crippen LogP contribution in [-0.4, -0.2) is 30.6 Å².